The van der Waals surface area contributed by atoms with E-state index in [4.69, 9.17) is 30.5 Å². The molecule has 3 aromatic rings. The number of amides is 2. The molecule has 0 aromatic heterocycles. The molecule has 2 amide bonds. The molecule has 13 heteroatoms. The van der Waals surface area contributed by atoms with Gasteiger partial charge in [-0.05, 0) is 125 Å². The van der Waals surface area contributed by atoms with Gasteiger partial charge < -0.3 is 34.1 Å². The van der Waals surface area contributed by atoms with Gasteiger partial charge in [-0.2, -0.15) is 0 Å². The SMILES string of the molecule is COC(=O)CN(CCN(C)C(=O)OC(C)(C)C)C1CCC(CNc2ccc(N3C(=O)Cc4cc(OC)c(OC(C)C)cc4[C@@H]3c3ccc(Cl)cc3)cc2F)CC1. The van der Waals surface area contributed by atoms with Crippen LogP contribution in [-0.4, -0.2) is 93.0 Å². The molecule has 1 N–H and O–H groups in total. The number of likely N-dealkylation sites (N-methyl/N-ethyl adjacent to an activating group) is 1. The molecule has 0 radical (unpaired) electrons. The fourth-order valence-electron chi connectivity index (χ4n) is 7.43. The van der Waals surface area contributed by atoms with E-state index in [9.17, 15) is 14.4 Å². The van der Waals surface area contributed by atoms with Crippen molar-refractivity contribution in [3.05, 3.63) is 82.1 Å². The number of rotatable bonds is 14. The van der Waals surface area contributed by atoms with Crippen molar-refractivity contribution >= 4 is 40.9 Å². The van der Waals surface area contributed by atoms with Crippen LogP contribution >= 0.6 is 11.6 Å². The number of esters is 1. The van der Waals surface area contributed by atoms with Crippen LogP contribution in [0.25, 0.3) is 0 Å². The minimum Gasteiger partial charge on any atom is -0.493 e. The molecule has 1 saturated carbocycles. The first-order valence-corrected chi connectivity index (χ1v) is 19.7. The first kappa shape index (κ1) is 42.6. The van der Waals surface area contributed by atoms with Crippen LogP contribution in [-0.2, 0) is 25.5 Å². The summed E-state index contributed by atoms with van der Waals surface area (Å²) in [7, 11) is 4.64. The van der Waals surface area contributed by atoms with Crippen molar-refractivity contribution in [2.24, 2.45) is 5.92 Å². The van der Waals surface area contributed by atoms with E-state index in [-0.39, 0.29) is 37.0 Å². The monoisotopic (exact) mass is 794 g/mol. The van der Waals surface area contributed by atoms with Gasteiger partial charge in [0.2, 0.25) is 5.91 Å². The van der Waals surface area contributed by atoms with E-state index in [2.05, 4.69) is 10.2 Å². The van der Waals surface area contributed by atoms with Gasteiger partial charge in [0.15, 0.2) is 11.5 Å². The fraction of sp³-hybridized carbons (Fsp3) is 0.512. The van der Waals surface area contributed by atoms with Gasteiger partial charge in [-0.25, -0.2) is 9.18 Å². The number of nitrogens with one attached hydrogen (secondary N) is 1. The summed E-state index contributed by atoms with van der Waals surface area (Å²) in [6, 6.07) is 15.6. The van der Waals surface area contributed by atoms with Crippen molar-refractivity contribution in [3.63, 3.8) is 0 Å². The second-order valence-corrected chi connectivity index (χ2v) is 16.4. The predicted octanol–water partition coefficient (Wildman–Crippen LogP) is 8.27. The molecule has 2 aliphatic rings. The van der Waals surface area contributed by atoms with E-state index in [1.54, 1.807) is 43.3 Å². The number of benzene rings is 3. The minimum absolute atomic E-state index is 0.104. The van der Waals surface area contributed by atoms with Crippen LogP contribution in [0.4, 0.5) is 20.6 Å². The Morgan fingerprint density at radius 3 is 2.29 bits per heavy atom. The number of fused-ring (bicyclic) bond motifs is 1. The number of anilines is 2. The van der Waals surface area contributed by atoms with Crippen LogP contribution in [0.2, 0.25) is 5.02 Å². The third-order valence-electron chi connectivity index (χ3n) is 10.3. The lowest BCUT2D eigenvalue weighted by atomic mass is 9.85. The molecule has 5 rings (SSSR count). The maximum absolute atomic E-state index is 15.9. The molecule has 0 bridgehead atoms. The summed E-state index contributed by atoms with van der Waals surface area (Å²) < 4.78 is 38.1. The van der Waals surface area contributed by atoms with Crippen LogP contribution < -0.4 is 19.7 Å². The largest absolute Gasteiger partial charge is 0.493 e. The number of methoxy groups -OCH3 is 2. The Labute approximate surface area is 335 Å². The van der Waals surface area contributed by atoms with Crippen LogP contribution in [0.3, 0.4) is 0 Å². The zero-order valence-corrected chi connectivity index (χ0v) is 34.6. The number of ether oxygens (including phenoxy) is 4. The van der Waals surface area contributed by atoms with E-state index in [0.717, 1.165) is 42.4 Å². The van der Waals surface area contributed by atoms with Crippen LogP contribution in [0.15, 0.2) is 54.6 Å². The summed E-state index contributed by atoms with van der Waals surface area (Å²) in [6.07, 6.45) is 3.06. The Bertz CT molecular complexity index is 1840. The average molecular weight is 795 g/mol. The molecule has 304 valence electrons. The second kappa shape index (κ2) is 18.6. The van der Waals surface area contributed by atoms with Gasteiger partial charge in [-0.3, -0.25) is 14.5 Å². The molecule has 1 fully saturated rings. The van der Waals surface area contributed by atoms with Gasteiger partial charge >= 0.3 is 12.1 Å². The molecule has 1 aliphatic heterocycles. The minimum atomic E-state index is -0.599. The van der Waals surface area contributed by atoms with Gasteiger partial charge in [-0.15, -0.1) is 0 Å². The van der Waals surface area contributed by atoms with E-state index in [0.29, 0.717) is 53.4 Å². The zero-order chi connectivity index (χ0) is 40.7. The lowest BCUT2D eigenvalue weighted by Crippen LogP contribution is -2.46. The summed E-state index contributed by atoms with van der Waals surface area (Å²) in [5, 5.41) is 3.88. The van der Waals surface area contributed by atoms with Crippen molar-refractivity contribution in [2.45, 2.75) is 90.5 Å². The number of halogens is 2. The number of carbonyl (C=O) groups excluding carboxylic acids is 3. The van der Waals surface area contributed by atoms with Gasteiger partial charge in [0.05, 0.1) is 45.0 Å². The molecule has 1 heterocycles. The van der Waals surface area contributed by atoms with E-state index in [1.165, 1.54) is 18.1 Å². The smallest absolute Gasteiger partial charge is 0.410 e. The first-order valence-electron chi connectivity index (χ1n) is 19.3. The number of hydrogen-bond donors (Lipinski definition) is 1. The van der Waals surface area contributed by atoms with Crippen molar-refractivity contribution in [3.8, 4) is 11.5 Å². The number of nitrogens with zero attached hydrogens (tertiary/aromatic N) is 3. The molecule has 3 aromatic carbocycles. The lowest BCUT2D eigenvalue weighted by molar-refractivity contribution is -0.142. The van der Waals surface area contributed by atoms with Crippen molar-refractivity contribution in [2.75, 3.05) is 57.7 Å². The van der Waals surface area contributed by atoms with E-state index in [1.807, 2.05) is 58.9 Å². The molecule has 0 saturated heterocycles. The number of hydrogen-bond acceptors (Lipinski definition) is 9. The van der Waals surface area contributed by atoms with Crippen LogP contribution in [0.5, 0.6) is 11.5 Å². The predicted molar refractivity (Wildman–Crippen MR) is 216 cm³/mol. The van der Waals surface area contributed by atoms with Gasteiger partial charge in [-0.1, -0.05) is 23.7 Å². The highest BCUT2D eigenvalue weighted by Crippen LogP contribution is 2.44. The van der Waals surface area contributed by atoms with Crippen molar-refractivity contribution < 1.29 is 37.7 Å². The summed E-state index contributed by atoms with van der Waals surface area (Å²) in [4.78, 5) is 44.0. The molecule has 11 nitrogen and oxygen atoms in total. The second-order valence-electron chi connectivity index (χ2n) is 15.9. The highest BCUT2D eigenvalue weighted by atomic mass is 35.5. The standard InChI is InChI=1S/C43H56ClFN4O7/c1-27(2)55-38-24-34-30(21-37(38)53-7)22-39(50)49(41(34)29-11-13-31(44)14-12-29)33-17-18-36(35(45)23-33)46-25-28-9-15-32(16-10-28)48(26-40(51)54-8)20-19-47(6)42(52)56-43(3,4)5/h11-14,17-18,21,23-24,27-28,32,41,46H,9-10,15-16,19-20,22,25-26H2,1-8H3/t28?,32?,41-/m0/s1. The maximum Gasteiger partial charge on any atom is 0.410 e. The quantitative estimate of drug-likeness (QED) is 0.161. The van der Waals surface area contributed by atoms with Gasteiger partial charge in [0, 0.05) is 43.4 Å². The fourth-order valence-corrected chi connectivity index (χ4v) is 7.55. The third kappa shape index (κ3) is 10.8. The number of carbonyl (C=O) groups is 3. The molecule has 0 spiro atoms. The van der Waals surface area contributed by atoms with Crippen LogP contribution in [0.1, 0.15) is 83.0 Å². The van der Waals surface area contributed by atoms with Gasteiger partial charge in [0.1, 0.15) is 11.4 Å². The molecule has 56 heavy (non-hydrogen) atoms. The van der Waals surface area contributed by atoms with E-state index >= 15 is 4.39 Å². The Balaban J connectivity index is 1.27. The maximum atomic E-state index is 15.9. The van der Waals surface area contributed by atoms with E-state index < -0.39 is 23.6 Å². The highest BCUT2D eigenvalue weighted by Gasteiger charge is 2.37. The molecular weight excluding hydrogens is 739 g/mol. The summed E-state index contributed by atoms with van der Waals surface area (Å²) in [6.45, 7) is 11.0. The normalized spacial score (nSPS) is 18.4. The zero-order valence-electron chi connectivity index (χ0n) is 33.8. The Kier molecular flexibility index (Phi) is 14.1. The highest BCUT2D eigenvalue weighted by molar-refractivity contribution is 6.30. The Hall–Kier alpha value is -4.55. The lowest BCUT2D eigenvalue weighted by Gasteiger charge is -2.38. The molecule has 1 aliphatic carbocycles. The third-order valence-corrected chi connectivity index (χ3v) is 10.5. The van der Waals surface area contributed by atoms with Crippen molar-refractivity contribution in [1.29, 1.82) is 0 Å². The summed E-state index contributed by atoms with van der Waals surface area (Å²) in [5.41, 5.74) is 2.70. The molecular formula is C43H56ClFN4O7. The van der Waals surface area contributed by atoms with Gasteiger partial charge in [0.25, 0.3) is 0 Å². The Morgan fingerprint density at radius 1 is 0.982 bits per heavy atom. The summed E-state index contributed by atoms with van der Waals surface area (Å²) >= 11 is 6.26. The molecule has 0 unspecified atom stereocenters. The average Bonchev–Trinajstić information content (AvgIpc) is 3.14. The van der Waals surface area contributed by atoms with Crippen LogP contribution in [0, 0.1) is 11.7 Å². The Morgan fingerprint density at radius 2 is 1.68 bits per heavy atom. The molecule has 1 atom stereocenters. The topological polar surface area (TPSA) is 110 Å². The van der Waals surface area contributed by atoms with Crippen molar-refractivity contribution in [1.82, 2.24) is 9.80 Å². The summed E-state index contributed by atoms with van der Waals surface area (Å²) in [5.74, 6) is 0.450. The first-order chi connectivity index (χ1) is 26.6.